The van der Waals surface area contributed by atoms with Crippen molar-refractivity contribution in [1.29, 1.82) is 0 Å². The molecular formula is C20H31NO3Si. The molecule has 1 heterocycles. The zero-order valence-electron chi connectivity index (χ0n) is 16.1. The van der Waals surface area contributed by atoms with Crippen LogP contribution in [0.4, 0.5) is 4.79 Å². The summed E-state index contributed by atoms with van der Waals surface area (Å²) in [5.41, 5.74) is 0.502. The summed E-state index contributed by atoms with van der Waals surface area (Å²) in [5.74, 6) is 0. The Morgan fingerprint density at radius 2 is 2.00 bits per heavy atom. The molecule has 1 amide bonds. The molecule has 1 aromatic carbocycles. The number of amides is 1. The van der Waals surface area contributed by atoms with E-state index >= 15 is 0 Å². The Kier molecular flexibility index (Phi) is 5.49. The third-order valence-corrected chi connectivity index (χ3v) is 10.3. The van der Waals surface area contributed by atoms with Gasteiger partial charge in [0.15, 0.2) is 8.32 Å². The lowest BCUT2D eigenvalue weighted by Crippen LogP contribution is -2.46. The maximum Gasteiger partial charge on any atom is 0.408 e. The summed E-state index contributed by atoms with van der Waals surface area (Å²) in [7, 11) is -1.96. The molecule has 1 aromatic rings. The van der Waals surface area contributed by atoms with Crippen LogP contribution in [0.2, 0.25) is 18.1 Å². The normalized spacial score (nSPS) is 24.4. The van der Waals surface area contributed by atoms with Crippen LogP contribution in [0.5, 0.6) is 0 Å². The van der Waals surface area contributed by atoms with Crippen molar-refractivity contribution in [3.8, 4) is 0 Å². The molecule has 1 saturated heterocycles. The molecule has 2 atom stereocenters. The molecule has 1 aliphatic rings. The highest BCUT2D eigenvalue weighted by Crippen LogP contribution is 2.41. The van der Waals surface area contributed by atoms with Crippen LogP contribution < -0.4 is 0 Å². The molecule has 1 aliphatic heterocycles. The van der Waals surface area contributed by atoms with E-state index in [2.05, 4.69) is 40.4 Å². The minimum atomic E-state index is -1.96. The maximum absolute atomic E-state index is 11.9. The minimum absolute atomic E-state index is 0.0845. The van der Waals surface area contributed by atoms with Gasteiger partial charge in [-0.25, -0.2) is 4.79 Å². The monoisotopic (exact) mass is 361 g/mol. The minimum Gasteiger partial charge on any atom is -0.465 e. The van der Waals surface area contributed by atoms with Crippen molar-refractivity contribution < 1.29 is 14.3 Å². The molecule has 4 nitrogen and oxygen atoms in total. The molecule has 1 fully saturated rings. The van der Waals surface area contributed by atoms with Crippen LogP contribution >= 0.6 is 0 Å². The SMILES string of the molecule is C=C[C@@]1(Cc2ccccc2)C[C@@H](O[Si](C)(C)C(C)(C)C)CN1C(=O)O. The highest BCUT2D eigenvalue weighted by Gasteiger charge is 2.49. The first-order chi connectivity index (χ1) is 11.5. The number of rotatable bonds is 5. The predicted octanol–water partition coefficient (Wildman–Crippen LogP) is 4.93. The largest absolute Gasteiger partial charge is 0.465 e. The number of carboxylic acid groups (broad SMARTS) is 1. The number of nitrogens with zero attached hydrogens (tertiary/aromatic N) is 1. The first kappa shape index (κ1) is 19.7. The van der Waals surface area contributed by atoms with Gasteiger partial charge in [0.2, 0.25) is 0 Å². The lowest BCUT2D eigenvalue weighted by atomic mass is 9.88. The number of likely N-dealkylation sites (tertiary alicyclic amines) is 1. The predicted molar refractivity (Wildman–Crippen MR) is 104 cm³/mol. The summed E-state index contributed by atoms with van der Waals surface area (Å²) >= 11 is 0. The molecule has 0 spiro atoms. The smallest absolute Gasteiger partial charge is 0.408 e. The molecule has 25 heavy (non-hydrogen) atoms. The van der Waals surface area contributed by atoms with E-state index in [1.54, 1.807) is 6.08 Å². The second-order valence-corrected chi connectivity index (χ2v) is 13.3. The van der Waals surface area contributed by atoms with Crippen LogP contribution in [0.15, 0.2) is 43.0 Å². The molecule has 0 unspecified atom stereocenters. The summed E-state index contributed by atoms with van der Waals surface area (Å²) in [6.45, 7) is 15.4. The lowest BCUT2D eigenvalue weighted by molar-refractivity contribution is 0.117. The molecule has 138 valence electrons. The lowest BCUT2D eigenvalue weighted by Gasteiger charge is -2.38. The van der Waals surface area contributed by atoms with Crippen LogP contribution in [-0.2, 0) is 10.8 Å². The van der Waals surface area contributed by atoms with Gasteiger partial charge in [-0.3, -0.25) is 4.90 Å². The Bertz CT molecular complexity index is 624. The van der Waals surface area contributed by atoms with Gasteiger partial charge in [-0.15, -0.1) is 6.58 Å². The highest BCUT2D eigenvalue weighted by molar-refractivity contribution is 6.74. The summed E-state index contributed by atoms with van der Waals surface area (Å²) in [6, 6.07) is 10.0. The molecule has 0 aromatic heterocycles. The fourth-order valence-electron chi connectivity index (χ4n) is 3.28. The van der Waals surface area contributed by atoms with Gasteiger partial charge in [0.25, 0.3) is 0 Å². The second kappa shape index (κ2) is 6.96. The van der Waals surface area contributed by atoms with E-state index in [9.17, 15) is 9.90 Å². The van der Waals surface area contributed by atoms with Crippen LogP contribution in [0.25, 0.3) is 0 Å². The summed E-state index contributed by atoms with van der Waals surface area (Å²) < 4.78 is 6.52. The Balaban J connectivity index is 2.27. The van der Waals surface area contributed by atoms with Crippen molar-refractivity contribution in [3.63, 3.8) is 0 Å². The van der Waals surface area contributed by atoms with E-state index < -0.39 is 19.9 Å². The van der Waals surface area contributed by atoms with Gasteiger partial charge in [-0.1, -0.05) is 57.2 Å². The van der Waals surface area contributed by atoms with E-state index in [-0.39, 0.29) is 11.1 Å². The molecule has 0 aliphatic carbocycles. The Labute approximate surface area is 152 Å². The van der Waals surface area contributed by atoms with E-state index in [0.29, 0.717) is 19.4 Å². The summed E-state index contributed by atoms with van der Waals surface area (Å²) in [6.07, 6.45) is 2.09. The number of hydrogen-bond acceptors (Lipinski definition) is 2. The maximum atomic E-state index is 11.9. The van der Waals surface area contributed by atoms with E-state index in [0.717, 1.165) is 5.56 Å². The van der Waals surface area contributed by atoms with Gasteiger partial charge in [-0.2, -0.15) is 0 Å². The molecular weight excluding hydrogens is 330 g/mol. The zero-order chi connectivity index (χ0) is 18.9. The van der Waals surface area contributed by atoms with Crippen molar-refractivity contribution >= 4 is 14.4 Å². The summed E-state index contributed by atoms with van der Waals surface area (Å²) in [5, 5.41) is 9.87. The highest BCUT2D eigenvalue weighted by atomic mass is 28.4. The van der Waals surface area contributed by atoms with Crippen molar-refractivity contribution in [2.45, 2.75) is 63.4 Å². The topological polar surface area (TPSA) is 49.8 Å². The molecule has 0 bridgehead atoms. The average molecular weight is 362 g/mol. The molecule has 0 saturated carbocycles. The van der Waals surface area contributed by atoms with Crippen molar-refractivity contribution in [2.75, 3.05) is 6.54 Å². The first-order valence-corrected chi connectivity index (χ1v) is 11.8. The van der Waals surface area contributed by atoms with Gasteiger partial charge < -0.3 is 9.53 Å². The molecule has 0 radical (unpaired) electrons. The third-order valence-electron chi connectivity index (χ3n) is 5.74. The standard InChI is InChI=1S/C20H31NO3Si/c1-7-20(13-16-11-9-8-10-12-16)14-17(15-21(20)18(22)23)24-25(5,6)19(2,3)4/h7-12,17H,1,13-15H2,2-6H3,(H,22,23)/t17-,20-/m1/s1. The van der Waals surface area contributed by atoms with Gasteiger partial charge in [0.1, 0.15) is 0 Å². The molecule has 1 N–H and O–H groups in total. The fourth-order valence-corrected chi connectivity index (χ4v) is 4.62. The first-order valence-electron chi connectivity index (χ1n) is 8.87. The van der Waals surface area contributed by atoms with Gasteiger partial charge in [-0.05, 0) is 30.1 Å². The quantitative estimate of drug-likeness (QED) is 0.598. The Hall–Kier alpha value is -1.59. The van der Waals surface area contributed by atoms with Crippen LogP contribution in [0.3, 0.4) is 0 Å². The van der Waals surface area contributed by atoms with E-state index in [1.165, 1.54) is 4.90 Å². The molecule has 2 rings (SSSR count). The third kappa shape index (κ3) is 4.15. The Morgan fingerprint density at radius 3 is 2.48 bits per heavy atom. The van der Waals surface area contributed by atoms with Gasteiger partial charge in [0.05, 0.1) is 11.6 Å². The van der Waals surface area contributed by atoms with E-state index in [1.807, 2.05) is 30.3 Å². The van der Waals surface area contributed by atoms with E-state index in [4.69, 9.17) is 4.43 Å². The average Bonchev–Trinajstić information content (AvgIpc) is 2.85. The zero-order valence-corrected chi connectivity index (χ0v) is 17.1. The fraction of sp³-hybridized carbons (Fsp3) is 0.550. The summed E-state index contributed by atoms with van der Waals surface area (Å²) in [4.78, 5) is 13.4. The van der Waals surface area contributed by atoms with Gasteiger partial charge in [0, 0.05) is 13.0 Å². The number of carbonyl (C=O) groups is 1. The van der Waals surface area contributed by atoms with Crippen LogP contribution in [-0.4, -0.2) is 42.6 Å². The van der Waals surface area contributed by atoms with Crippen molar-refractivity contribution in [1.82, 2.24) is 4.90 Å². The van der Waals surface area contributed by atoms with Crippen LogP contribution in [0, 0.1) is 0 Å². The van der Waals surface area contributed by atoms with Gasteiger partial charge >= 0.3 is 6.09 Å². The Morgan fingerprint density at radius 1 is 1.40 bits per heavy atom. The number of hydrogen-bond donors (Lipinski definition) is 1. The van der Waals surface area contributed by atoms with Crippen molar-refractivity contribution in [3.05, 3.63) is 48.6 Å². The molecule has 5 heteroatoms. The van der Waals surface area contributed by atoms with Crippen LogP contribution in [0.1, 0.15) is 32.8 Å². The van der Waals surface area contributed by atoms with Crippen molar-refractivity contribution in [2.24, 2.45) is 0 Å². The number of benzene rings is 1. The second-order valence-electron chi connectivity index (χ2n) is 8.57.